The van der Waals surface area contributed by atoms with E-state index in [4.69, 9.17) is 9.47 Å². The van der Waals surface area contributed by atoms with Crippen molar-refractivity contribution < 1.29 is 14.3 Å². The molecule has 124 valence electrons. The van der Waals surface area contributed by atoms with Gasteiger partial charge in [-0.15, -0.1) is 0 Å². The van der Waals surface area contributed by atoms with Gasteiger partial charge in [0.25, 0.3) is 0 Å². The van der Waals surface area contributed by atoms with Crippen molar-refractivity contribution in [3.05, 3.63) is 41.7 Å². The lowest BCUT2D eigenvalue weighted by molar-refractivity contribution is -0.124. The van der Waals surface area contributed by atoms with Crippen molar-refractivity contribution in [2.45, 2.75) is 32.9 Å². The molecular formula is C17H23N3O3. The highest BCUT2D eigenvalue weighted by Crippen LogP contribution is 2.29. The summed E-state index contributed by atoms with van der Waals surface area (Å²) in [5.41, 5.74) is 1.75. The molecule has 0 saturated carbocycles. The molecule has 2 atom stereocenters. The third-order valence-corrected chi connectivity index (χ3v) is 3.78. The van der Waals surface area contributed by atoms with Gasteiger partial charge >= 0.3 is 0 Å². The molecule has 0 fully saturated rings. The first-order valence-electron chi connectivity index (χ1n) is 7.50. The van der Waals surface area contributed by atoms with Gasteiger partial charge in [-0.2, -0.15) is 5.10 Å². The molecule has 2 rings (SSSR count). The summed E-state index contributed by atoms with van der Waals surface area (Å²) < 4.78 is 12.3. The summed E-state index contributed by atoms with van der Waals surface area (Å²) in [7, 11) is 3.21. The van der Waals surface area contributed by atoms with Crippen LogP contribution in [0.3, 0.4) is 0 Å². The van der Waals surface area contributed by atoms with Gasteiger partial charge in [0, 0.05) is 11.8 Å². The normalized spacial score (nSPS) is 13.3. The largest absolute Gasteiger partial charge is 0.497 e. The minimum Gasteiger partial charge on any atom is -0.497 e. The van der Waals surface area contributed by atoms with E-state index in [1.807, 2.05) is 45.0 Å². The van der Waals surface area contributed by atoms with E-state index >= 15 is 0 Å². The van der Waals surface area contributed by atoms with Gasteiger partial charge < -0.3 is 14.8 Å². The number of carbonyl (C=O) groups is 1. The SMILES string of the molecule is COc1ccc(OC)c(C(C)NC(=O)C(C)n2ccc(C)n2)c1. The van der Waals surface area contributed by atoms with Gasteiger partial charge in [-0.25, -0.2) is 0 Å². The number of benzene rings is 1. The Balaban J connectivity index is 2.14. The second-order valence-corrected chi connectivity index (χ2v) is 5.45. The van der Waals surface area contributed by atoms with E-state index in [1.165, 1.54) is 0 Å². The first-order chi connectivity index (χ1) is 11.0. The van der Waals surface area contributed by atoms with E-state index in [0.717, 1.165) is 17.0 Å². The van der Waals surface area contributed by atoms with Crippen LogP contribution < -0.4 is 14.8 Å². The third kappa shape index (κ3) is 3.83. The van der Waals surface area contributed by atoms with E-state index in [9.17, 15) is 4.79 Å². The van der Waals surface area contributed by atoms with Gasteiger partial charge in [-0.1, -0.05) is 0 Å². The predicted molar refractivity (Wildman–Crippen MR) is 87.8 cm³/mol. The van der Waals surface area contributed by atoms with Crippen LogP contribution in [0.5, 0.6) is 11.5 Å². The number of amides is 1. The molecule has 1 aromatic heterocycles. The van der Waals surface area contributed by atoms with Crippen molar-refractivity contribution in [2.24, 2.45) is 0 Å². The van der Waals surface area contributed by atoms with E-state index in [1.54, 1.807) is 25.1 Å². The number of methoxy groups -OCH3 is 2. The first-order valence-corrected chi connectivity index (χ1v) is 7.50. The van der Waals surface area contributed by atoms with Crippen molar-refractivity contribution in [1.29, 1.82) is 0 Å². The molecule has 6 heteroatoms. The van der Waals surface area contributed by atoms with Gasteiger partial charge in [0.1, 0.15) is 17.5 Å². The Morgan fingerprint density at radius 1 is 1.22 bits per heavy atom. The van der Waals surface area contributed by atoms with E-state index in [-0.39, 0.29) is 18.0 Å². The highest BCUT2D eigenvalue weighted by molar-refractivity contribution is 5.80. The van der Waals surface area contributed by atoms with E-state index < -0.39 is 0 Å². The standard InChI is InChI=1S/C17H23N3O3/c1-11-8-9-20(19-11)13(3)17(21)18-12(2)15-10-14(22-4)6-7-16(15)23-5/h6-10,12-13H,1-5H3,(H,18,21). The maximum absolute atomic E-state index is 12.4. The molecule has 1 N–H and O–H groups in total. The van der Waals surface area contributed by atoms with Crippen molar-refractivity contribution in [3.63, 3.8) is 0 Å². The summed E-state index contributed by atoms with van der Waals surface area (Å²) in [5.74, 6) is 1.32. The van der Waals surface area contributed by atoms with Crippen LogP contribution in [0.15, 0.2) is 30.5 Å². The number of rotatable bonds is 6. The van der Waals surface area contributed by atoms with Crippen molar-refractivity contribution in [2.75, 3.05) is 14.2 Å². The molecule has 2 unspecified atom stereocenters. The second-order valence-electron chi connectivity index (χ2n) is 5.45. The first kappa shape index (κ1) is 16.9. The molecule has 6 nitrogen and oxygen atoms in total. The Hall–Kier alpha value is -2.50. The summed E-state index contributed by atoms with van der Waals surface area (Å²) in [5, 5.41) is 7.28. The average molecular weight is 317 g/mol. The monoisotopic (exact) mass is 317 g/mol. The van der Waals surface area contributed by atoms with E-state index in [0.29, 0.717) is 5.75 Å². The number of ether oxygens (including phenoxy) is 2. The molecule has 0 spiro atoms. The zero-order valence-electron chi connectivity index (χ0n) is 14.2. The fraction of sp³-hybridized carbons (Fsp3) is 0.412. The average Bonchev–Trinajstić information content (AvgIpc) is 2.99. The Morgan fingerprint density at radius 2 is 1.96 bits per heavy atom. The van der Waals surface area contributed by atoms with Gasteiger partial charge in [0.15, 0.2) is 0 Å². The van der Waals surface area contributed by atoms with Crippen molar-refractivity contribution in [1.82, 2.24) is 15.1 Å². The molecule has 0 radical (unpaired) electrons. The number of hydrogen-bond donors (Lipinski definition) is 1. The molecule has 1 aromatic carbocycles. The summed E-state index contributed by atoms with van der Waals surface area (Å²) in [6, 6.07) is 6.79. The molecule has 0 aliphatic carbocycles. The lowest BCUT2D eigenvalue weighted by Gasteiger charge is -2.20. The Kier molecular flexibility index (Phi) is 5.26. The fourth-order valence-electron chi connectivity index (χ4n) is 2.36. The number of carbonyl (C=O) groups excluding carboxylic acids is 1. The van der Waals surface area contributed by atoms with Crippen LogP contribution in [0.4, 0.5) is 0 Å². The Morgan fingerprint density at radius 3 is 2.52 bits per heavy atom. The molecule has 0 saturated heterocycles. The molecular weight excluding hydrogens is 294 g/mol. The summed E-state index contributed by atoms with van der Waals surface area (Å²) >= 11 is 0. The molecule has 2 aromatic rings. The molecule has 0 aliphatic heterocycles. The quantitative estimate of drug-likeness (QED) is 0.889. The van der Waals surface area contributed by atoms with Gasteiger partial charge in [-0.3, -0.25) is 9.48 Å². The summed E-state index contributed by atoms with van der Waals surface area (Å²) in [6.07, 6.45) is 1.80. The topological polar surface area (TPSA) is 65.4 Å². The van der Waals surface area contributed by atoms with Crippen LogP contribution in [0, 0.1) is 6.92 Å². The van der Waals surface area contributed by atoms with Crippen LogP contribution in [-0.4, -0.2) is 29.9 Å². The lowest BCUT2D eigenvalue weighted by atomic mass is 10.1. The smallest absolute Gasteiger partial charge is 0.245 e. The summed E-state index contributed by atoms with van der Waals surface area (Å²) in [6.45, 7) is 5.62. The number of hydrogen-bond acceptors (Lipinski definition) is 4. The minimum atomic E-state index is -0.386. The number of aryl methyl sites for hydroxylation is 1. The van der Waals surface area contributed by atoms with Gasteiger partial charge in [0.2, 0.25) is 5.91 Å². The third-order valence-electron chi connectivity index (χ3n) is 3.78. The maximum Gasteiger partial charge on any atom is 0.245 e. The van der Waals surface area contributed by atoms with Crippen LogP contribution >= 0.6 is 0 Å². The lowest BCUT2D eigenvalue weighted by Crippen LogP contribution is -2.33. The zero-order chi connectivity index (χ0) is 17.0. The van der Waals surface area contributed by atoms with E-state index in [2.05, 4.69) is 10.4 Å². The molecule has 1 amide bonds. The molecule has 1 heterocycles. The van der Waals surface area contributed by atoms with Crippen molar-refractivity contribution >= 4 is 5.91 Å². The molecule has 0 aliphatic rings. The number of nitrogens with zero attached hydrogens (tertiary/aromatic N) is 2. The maximum atomic E-state index is 12.4. The highest BCUT2D eigenvalue weighted by atomic mass is 16.5. The number of aromatic nitrogens is 2. The Bertz CT molecular complexity index is 681. The van der Waals surface area contributed by atoms with Crippen LogP contribution in [0.1, 0.15) is 37.2 Å². The van der Waals surface area contributed by atoms with Gasteiger partial charge in [0.05, 0.1) is 26.0 Å². The fourth-order valence-corrected chi connectivity index (χ4v) is 2.36. The minimum absolute atomic E-state index is 0.106. The predicted octanol–water partition coefficient (Wildman–Crippen LogP) is 2.65. The van der Waals surface area contributed by atoms with Crippen LogP contribution in [-0.2, 0) is 4.79 Å². The Labute approximate surface area is 136 Å². The van der Waals surface area contributed by atoms with Gasteiger partial charge in [-0.05, 0) is 45.0 Å². The molecule has 23 heavy (non-hydrogen) atoms. The van der Waals surface area contributed by atoms with Crippen LogP contribution in [0.25, 0.3) is 0 Å². The second kappa shape index (κ2) is 7.17. The summed E-state index contributed by atoms with van der Waals surface area (Å²) in [4.78, 5) is 12.4. The number of nitrogens with one attached hydrogen (secondary N) is 1. The highest BCUT2D eigenvalue weighted by Gasteiger charge is 2.20. The van der Waals surface area contributed by atoms with Crippen molar-refractivity contribution in [3.8, 4) is 11.5 Å². The molecule has 0 bridgehead atoms. The zero-order valence-corrected chi connectivity index (χ0v) is 14.2. The van der Waals surface area contributed by atoms with Crippen LogP contribution in [0.2, 0.25) is 0 Å².